The van der Waals surface area contributed by atoms with Crippen LogP contribution in [0, 0.1) is 0 Å². The maximum Gasteiger partial charge on any atom is 0.414 e. The van der Waals surface area contributed by atoms with Gasteiger partial charge < -0.3 is 14.6 Å². The molecule has 0 aliphatic carbocycles. The monoisotopic (exact) mass is 333 g/mol. The van der Waals surface area contributed by atoms with E-state index in [-0.39, 0.29) is 6.61 Å². The van der Waals surface area contributed by atoms with Gasteiger partial charge in [-0.3, -0.25) is 4.90 Å². The molecular formula is C17H16ClNO4. The van der Waals surface area contributed by atoms with E-state index in [1.165, 1.54) is 4.90 Å². The van der Waals surface area contributed by atoms with E-state index in [2.05, 4.69) is 0 Å². The number of aliphatic hydroxyl groups excluding tert-OH is 1. The average Bonchev–Trinajstić information content (AvgIpc) is 2.95. The van der Waals surface area contributed by atoms with E-state index < -0.39 is 12.2 Å². The zero-order chi connectivity index (χ0) is 16.2. The lowest BCUT2D eigenvalue weighted by Crippen LogP contribution is -2.25. The van der Waals surface area contributed by atoms with E-state index in [9.17, 15) is 4.79 Å². The molecule has 1 amide bonds. The van der Waals surface area contributed by atoms with Crippen LogP contribution in [0.1, 0.15) is 5.56 Å². The first-order chi connectivity index (χ1) is 11.2. The number of cyclic esters (lactones) is 1. The summed E-state index contributed by atoms with van der Waals surface area (Å²) in [4.78, 5) is 13.2. The van der Waals surface area contributed by atoms with Crippen LogP contribution in [-0.4, -0.2) is 30.5 Å². The molecule has 6 heteroatoms. The third-order valence-corrected chi connectivity index (χ3v) is 3.76. The molecule has 120 valence electrons. The number of aliphatic hydroxyl groups is 1. The molecule has 0 spiro atoms. The number of anilines is 1. The Labute approximate surface area is 139 Å². The molecule has 1 heterocycles. The Morgan fingerprint density at radius 2 is 2.04 bits per heavy atom. The number of halogens is 1. The van der Waals surface area contributed by atoms with Gasteiger partial charge in [-0.1, -0.05) is 23.7 Å². The molecule has 1 aliphatic rings. The van der Waals surface area contributed by atoms with Crippen LogP contribution >= 0.6 is 11.6 Å². The van der Waals surface area contributed by atoms with Crippen molar-refractivity contribution >= 4 is 23.4 Å². The summed E-state index contributed by atoms with van der Waals surface area (Å²) in [6, 6.07) is 14.6. The molecule has 1 saturated heterocycles. The standard InChI is InChI=1S/C17H16ClNO4/c18-13-3-1-2-12(8-13)11-22-15-6-4-14(5-7-15)19-9-16(10-20)23-17(19)21/h1-8,16,20H,9-11H2. The number of benzene rings is 2. The molecule has 1 N–H and O–H groups in total. The van der Waals surface area contributed by atoms with Gasteiger partial charge in [0, 0.05) is 10.7 Å². The number of amides is 1. The van der Waals surface area contributed by atoms with Crippen molar-refractivity contribution in [1.82, 2.24) is 0 Å². The zero-order valence-corrected chi connectivity index (χ0v) is 13.1. The van der Waals surface area contributed by atoms with E-state index in [4.69, 9.17) is 26.2 Å². The van der Waals surface area contributed by atoms with Crippen molar-refractivity contribution in [3.8, 4) is 5.75 Å². The maximum absolute atomic E-state index is 11.7. The summed E-state index contributed by atoms with van der Waals surface area (Å²) in [5.41, 5.74) is 1.69. The molecule has 2 aromatic carbocycles. The highest BCUT2D eigenvalue weighted by atomic mass is 35.5. The number of hydrogen-bond acceptors (Lipinski definition) is 4. The second kappa shape index (κ2) is 6.89. The van der Waals surface area contributed by atoms with Crippen molar-refractivity contribution in [1.29, 1.82) is 0 Å². The fourth-order valence-corrected chi connectivity index (χ4v) is 2.56. The number of carbonyl (C=O) groups is 1. The second-order valence-corrected chi connectivity index (χ2v) is 5.65. The molecule has 1 aliphatic heterocycles. The van der Waals surface area contributed by atoms with Crippen LogP contribution in [0.3, 0.4) is 0 Å². The molecule has 0 aromatic heterocycles. The highest BCUT2D eigenvalue weighted by Gasteiger charge is 2.31. The van der Waals surface area contributed by atoms with Crippen molar-refractivity contribution in [3.63, 3.8) is 0 Å². The SMILES string of the molecule is O=C1OC(CO)CN1c1ccc(OCc2cccc(Cl)c2)cc1. The lowest BCUT2D eigenvalue weighted by Gasteiger charge is -2.13. The van der Waals surface area contributed by atoms with Crippen molar-refractivity contribution < 1.29 is 19.4 Å². The fourth-order valence-electron chi connectivity index (χ4n) is 2.34. The minimum absolute atomic E-state index is 0.178. The molecule has 0 saturated carbocycles. The van der Waals surface area contributed by atoms with Crippen LogP contribution in [0.5, 0.6) is 5.75 Å². The lowest BCUT2D eigenvalue weighted by molar-refractivity contribution is 0.0963. The molecule has 5 nitrogen and oxygen atoms in total. The van der Waals surface area contributed by atoms with Crippen LogP contribution in [0.2, 0.25) is 5.02 Å². The Hall–Kier alpha value is -2.24. The van der Waals surface area contributed by atoms with Gasteiger partial charge in [0.2, 0.25) is 0 Å². The summed E-state index contributed by atoms with van der Waals surface area (Å²) in [7, 11) is 0. The molecule has 1 fully saturated rings. The van der Waals surface area contributed by atoms with Gasteiger partial charge in [-0.05, 0) is 42.0 Å². The minimum Gasteiger partial charge on any atom is -0.489 e. The Morgan fingerprint density at radius 3 is 2.70 bits per heavy atom. The average molecular weight is 334 g/mol. The number of ether oxygens (including phenoxy) is 2. The first kappa shape index (κ1) is 15.6. The van der Waals surface area contributed by atoms with E-state index in [0.29, 0.717) is 29.6 Å². The molecule has 1 unspecified atom stereocenters. The number of nitrogens with zero attached hydrogens (tertiary/aromatic N) is 1. The third-order valence-electron chi connectivity index (χ3n) is 3.52. The first-order valence-electron chi connectivity index (χ1n) is 7.22. The second-order valence-electron chi connectivity index (χ2n) is 5.21. The molecule has 0 bridgehead atoms. The molecule has 1 atom stereocenters. The minimum atomic E-state index is -0.471. The van der Waals surface area contributed by atoms with Crippen LogP contribution in [0.4, 0.5) is 10.5 Å². The third kappa shape index (κ3) is 3.75. The molecule has 0 radical (unpaired) electrons. The highest BCUT2D eigenvalue weighted by molar-refractivity contribution is 6.30. The first-order valence-corrected chi connectivity index (χ1v) is 7.60. The number of hydrogen-bond donors (Lipinski definition) is 1. The van der Waals surface area contributed by atoms with Crippen LogP contribution in [-0.2, 0) is 11.3 Å². The van der Waals surface area contributed by atoms with Gasteiger partial charge in [-0.2, -0.15) is 0 Å². The molecule has 3 rings (SSSR count). The Morgan fingerprint density at radius 1 is 1.26 bits per heavy atom. The van der Waals surface area contributed by atoms with E-state index >= 15 is 0 Å². The van der Waals surface area contributed by atoms with Crippen molar-refractivity contribution in [2.45, 2.75) is 12.7 Å². The Kier molecular flexibility index (Phi) is 4.69. The van der Waals surface area contributed by atoms with Gasteiger partial charge in [0.15, 0.2) is 0 Å². The van der Waals surface area contributed by atoms with E-state index in [1.807, 2.05) is 24.3 Å². The predicted octanol–water partition coefficient (Wildman–Crippen LogP) is 3.24. The summed E-state index contributed by atoms with van der Waals surface area (Å²) in [6.07, 6.45) is -0.919. The van der Waals surface area contributed by atoms with E-state index in [0.717, 1.165) is 5.56 Å². The van der Waals surface area contributed by atoms with Crippen molar-refractivity contribution in [2.24, 2.45) is 0 Å². The highest BCUT2D eigenvalue weighted by Crippen LogP contribution is 2.24. The smallest absolute Gasteiger partial charge is 0.414 e. The van der Waals surface area contributed by atoms with Gasteiger partial charge in [0.25, 0.3) is 0 Å². The maximum atomic E-state index is 11.7. The molecular weight excluding hydrogens is 318 g/mol. The van der Waals surface area contributed by atoms with Crippen molar-refractivity contribution in [3.05, 3.63) is 59.1 Å². The van der Waals surface area contributed by atoms with E-state index in [1.54, 1.807) is 24.3 Å². The zero-order valence-electron chi connectivity index (χ0n) is 12.3. The molecule has 23 heavy (non-hydrogen) atoms. The summed E-state index contributed by atoms with van der Waals surface area (Å²) >= 11 is 5.93. The topological polar surface area (TPSA) is 59.0 Å². The van der Waals surface area contributed by atoms with Crippen LogP contribution in [0.25, 0.3) is 0 Å². The largest absolute Gasteiger partial charge is 0.489 e. The Bertz CT molecular complexity index is 689. The van der Waals surface area contributed by atoms with Gasteiger partial charge >= 0.3 is 6.09 Å². The summed E-state index contributed by atoms with van der Waals surface area (Å²) in [5, 5.41) is 9.73. The summed E-state index contributed by atoms with van der Waals surface area (Å²) in [5.74, 6) is 0.694. The summed E-state index contributed by atoms with van der Waals surface area (Å²) < 4.78 is 10.7. The van der Waals surface area contributed by atoms with Gasteiger partial charge in [-0.15, -0.1) is 0 Å². The van der Waals surface area contributed by atoms with Crippen molar-refractivity contribution in [2.75, 3.05) is 18.1 Å². The molecule has 2 aromatic rings. The summed E-state index contributed by atoms with van der Waals surface area (Å²) in [6.45, 7) is 0.583. The number of carbonyl (C=O) groups excluding carboxylic acids is 1. The van der Waals surface area contributed by atoms with Crippen LogP contribution in [0.15, 0.2) is 48.5 Å². The van der Waals surface area contributed by atoms with Gasteiger partial charge in [0.05, 0.1) is 13.2 Å². The quantitative estimate of drug-likeness (QED) is 0.912. The Balaban J connectivity index is 1.62. The van der Waals surface area contributed by atoms with Gasteiger partial charge in [-0.25, -0.2) is 4.79 Å². The predicted molar refractivity (Wildman–Crippen MR) is 86.9 cm³/mol. The van der Waals surface area contributed by atoms with Gasteiger partial charge in [0.1, 0.15) is 18.5 Å². The fraction of sp³-hybridized carbons (Fsp3) is 0.235. The normalized spacial score (nSPS) is 17.2. The lowest BCUT2D eigenvalue weighted by atomic mass is 10.2. The number of rotatable bonds is 5. The van der Waals surface area contributed by atoms with Crippen LogP contribution < -0.4 is 9.64 Å².